The van der Waals surface area contributed by atoms with E-state index in [2.05, 4.69) is 25.9 Å². The Kier molecular flexibility index (Phi) is 10.1. The van der Waals surface area contributed by atoms with E-state index < -0.39 is 5.41 Å². The molecular formula is C38H45N9O3. The van der Waals surface area contributed by atoms with Crippen molar-refractivity contribution in [2.75, 3.05) is 56.9 Å². The fourth-order valence-electron chi connectivity index (χ4n) is 6.96. The standard InChI is InChI=1S/C38H45N9O3/c1-25(2)50-33-11-8-29(21-43-33)35(40)31-20-30(9-10-32(31)39)47-19-15-38(37(47)49)14-18-45(23-38)22-34(48)46-16-12-27(13-17-46)26-4-6-28(7-5-26)36(41)44-24-42-3/h4-12,20-21,24-25,40H,13-19,22-23,39H2,1-3H3,(H2,41,42,44)/t38-/m1/s1. The molecule has 5 N–H and O–H groups in total. The van der Waals surface area contributed by atoms with E-state index in [1.807, 2.05) is 60.0 Å². The first kappa shape index (κ1) is 34.5. The highest BCUT2D eigenvalue weighted by atomic mass is 16.5. The molecule has 2 aromatic carbocycles. The van der Waals surface area contributed by atoms with Crippen LogP contribution in [-0.4, -0.2) is 96.9 Å². The molecule has 0 aliphatic carbocycles. The van der Waals surface area contributed by atoms with Gasteiger partial charge in [0.15, 0.2) is 0 Å². The number of hydrogen-bond acceptors (Lipinski definition) is 8. The van der Waals surface area contributed by atoms with Crippen molar-refractivity contribution in [3.8, 4) is 5.88 Å². The molecule has 0 radical (unpaired) electrons. The van der Waals surface area contributed by atoms with E-state index in [9.17, 15) is 9.59 Å². The van der Waals surface area contributed by atoms with Crippen LogP contribution in [0.25, 0.3) is 5.57 Å². The topological polar surface area (TPSA) is 167 Å². The lowest BCUT2D eigenvalue weighted by atomic mass is 9.85. The number of nitrogens with two attached hydrogens (primary N) is 2. The summed E-state index contributed by atoms with van der Waals surface area (Å²) < 4.78 is 5.63. The van der Waals surface area contributed by atoms with E-state index >= 15 is 0 Å². The number of aromatic nitrogens is 1. The van der Waals surface area contributed by atoms with E-state index in [4.69, 9.17) is 21.6 Å². The van der Waals surface area contributed by atoms with Crippen LogP contribution in [0.15, 0.2) is 76.9 Å². The number of carbonyl (C=O) groups is 2. The fourth-order valence-corrected chi connectivity index (χ4v) is 6.96. The van der Waals surface area contributed by atoms with E-state index in [-0.39, 0.29) is 23.6 Å². The van der Waals surface area contributed by atoms with Gasteiger partial charge < -0.3 is 26.0 Å². The lowest BCUT2D eigenvalue weighted by molar-refractivity contribution is -0.132. The Morgan fingerprint density at radius 3 is 2.52 bits per heavy atom. The quantitative estimate of drug-likeness (QED) is 0.166. The Labute approximate surface area is 293 Å². The minimum atomic E-state index is -0.524. The van der Waals surface area contributed by atoms with Gasteiger partial charge in [0.1, 0.15) is 12.2 Å². The summed E-state index contributed by atoms with van der Waals surface area (Å²) in [6.45, 7) is 7.19. The number of benzene rings is 2. The summed E-state index contributed by atoms with van der Waals surface area (Å²) >= 11 is 0. The van der Waals surface area contributed by atoms with E-state index in [1.165, 1.54) is 11.9 Å². The molecule has 3 aliphatic rings. The number of amidine groups is 1. The summed E-state index contributed by atoms with van der Waals surface area (Å²) in [5.74, 6) is 1.05. The third kappa shape index (κ3) is 7.30. The van der Waals surface area contributed by atoms with Crippen LogP contribution in [0, 0.1) is 10.8 Å². The Balaban J connectivity index is 1.05. The average Bonchev–Trinajstić information content (AvgIpc) is 3.68. The smallest absolute Gasteiger partial charge is 0.237 e. The molecule has 0 bridgehead atoms. The summed E-state index contributed by atoms with van der Waals surface area (Å²) in [5, 5.41) is 8.85. The van der Waals surface area contributed by atoms with Gasteiger partial charge in [-0.3, -0.25) is 24.9 Å². The summed E-state index contributed by atoms with van der Waals surface area (Å²) in [4.78, 5) is 45.4. The number of pyridine rings is 1. The number of hydrogen-bond donors (Lipinski definition) is 3. The van der Waals surface area contributed by atoms with Crippen LogP contribution in [0.3, 0.4) is 0 Å². The van der Waals surface area contributed by atoms with Crippen LogP contribution in [0.1, 0.15) is 55.4 Å². The minimum Gasteiger partial charge on any atom is -0.475 e. The number of aliphatic imine (C=N–C) groups is 2. The van der Waals surface area contributed by atoms with Crippen molar-refractivity contribution in [2.24, 2.45) is 21.1 Å². The molecule has 260 valence electrons. The van der Waals surface area contributed by atoms with Crippen molar-refractivity contribution < 1.29 is 14.3 Å². The van der Waals surface area contributed by atoms with Gasteiger partial charge in [0.05, 0.1) is 23.8 Å². The van der Waals surface area contributed by atoms with Gasteiger partial charge in [0, 0.05) is 73.6 Å². The molecule has 2 fully saturated rings. The number of nitrogens with zero attached hydrogens (tertiary/aromatic N) is 6. The number of ether oxygens (including phenoxy) is 1. The highest BCUT2D eigenvalue weighted by Gasteiger charge is 2.51. The summed E-state index contributed by atoms with van der Waals surface area (Å²) in [7, 11) is 1.65. The second-order valence-corrected chi connectivity index (χ2v) is 13.4. The third-order valence-electron chi connectivity index (χ3n) is 9.73. The molecule has 3 aliphatic heterocycles. The molecule has 4 heterocycles. The van der Waals surface area contributed by atoms with Crippen LogP contribution >= 0.6 is 0 Å². The van der Waals surface area contributed by atoms with Crippen molar-refractivity contribution in [2.45, 2.75) is 39.2 Å². The van der Waals surface area contributed by atoms with E-state index in [0.29, 0.717) is 80.6 Å². The average molecular weight is 676 g/mol. The zero-order valence-corrected chi connectivity index (χ0v) is 28.9. The van der Waals surface area contributed by atoms with Crippen LogP contribution in [0.2, 0.25) is 0 Å². The second-order valence-electron chi connectivity index (χ2n) is 13.4. The normalized spacial score (nSPS) is 20.0. The molecule has 0 saturated carbocycles. The zero-order chi connectivity index (χ0) is 35.4. The van der Waals surface area contributed by atoms with Gasteiger partial charge in [0.25, 0.3) is 0 Å². The molecular weight excluding hydrogens is 630 g/mol. The van der Waals surface area contributed by atoms with Crippen molar-refractivity contribution in [1.29, 1.82) is 5.41 Å². The number of amides is 2. The van der Waals surface area contributed by atoms with Crippen molar-refractivity contribution >= 4 is 46.6 Å². The first-order chi connectivity index (χ1) is 24.1. The number of rotatable bonds is 10. The number of nitrogens with one attached hydrogen (secondary N) is 1. The molecule has 2 saturated heterocycles. The van der Waals surface area contributed by atoms with Gasteiger partial charge in [-0.25, -0.2) is 9.98 Å². The van der Waals surface area contributed by atoms with Gasteiger partial charge in [-0.15, -0.1) is 0 Å². The molecule has 12 heteroatoms. The number of likely N-dealkylation sites (tertiary alicyclic amines) is 1. The lowest BCUT2D eigenvalue weighted by Gasteiger charge is -2.29. The zero-order valence-electron chi connectivity index (χ0n) is 28.9. The monoisotopic (exact) mass is 675 g/mol. The Morgan fingerprint density at radius 2 is 1.84 bits per heavy atom. The molecule has 1 spiro atoms. The van der Waals surface area contributed by atoms with Gasteiger partial charge in [-0.2, -0.15) is 0 Å². The molecule has 2 amide bonds. The van der Waals surface area contributed by atoms with Crippen molar-refractivity contribution in [1.82, 2.24) is 14.8 Å². The summed E-state index contributed by atoms with van der Waals surface area (Å²) in [6, 6.07) is 16.9. The Bertz CT molecular complexity index is 1850. The van der Waals surface area contributed by atoms with E-state index in [1.54, 1.807) is 31.4 Å². The highest BCUT2D eigenvalue weighted by Crippen LogP contribution is 2.43. The second kappa shape index (κ2) is 14.6. The maximum absolute atomic E-state index is 14.0. The predicted molar refractivity (Wildman–Crippen MR) is 198 cm³/mol. The lowest BCUT2D eigenvalue weighted by Crippen LogP contribution is -2.43. The SMILES string of the molecule is CN=CN=C(N)c1ccc(C2=CCN(C(=O)CN3CC[C@@]4(CCN(c5ccc(N)c(C(=N)c6ccc(OC(C)C)nc6)c5)C4=O)C3)CC2)cc1. The molecule has 6 rings (SSSR count). The molecule has 1 atom stereocenters. The van der Waals surface area contributed by atoms with Gasteiger partial charge in [-0.05, 0) is 75.1 Å². The van der Waals surface area contributed by atoms with Crippen LogP contribution in [-0.2, 0) is 9.59 Å². The number of anilines is 2. The largest absolute Gasteiger partial charge is 0.475 e. The van der Waals surface area contributed by atoms with Gasteiger partial charge >= 0.3 is 0 Å². The first-order valence-electron chi connectivity index (χ1n) is 17.0. The maximum Gasteiger partial charge on any atom is 0.237 e. The van der Waals surface area contributed by atoms with Crippen LogP contribution in [0.5, 0.6) is 5.88 Å². The van der Waals surface area contributed by atoms with Crippen molar-refractivity contribution in [3.63, 3.8) is 0 Å². The number of carbonyl (C=O) groups excluding carboxylic acids is 2. The molecule has 0 unspecified atom stereocenters. The van der Waals surface area contributed by atoms with Crippen LogP contribution in [0.4, 0.5) is 11.4 Å². The third-order valence-corrected chi connectivity index (χ3v) is 9.73. The summed E-state index contributed by atoms with van der Waals surface area (Å²) in [5.41, 5.74) is 17.5. The maximum atomic E-state index is 14.0. The Hall–Kier alpha value is -5.36. The van der Waals surface area contributed by atoms with E-state index in [0.717, 1.165) is 23.2 Å². The fraction of sp³-hybridized carbons (Fsp3) is 0.368. The molecule has 50 heavy (non-hydrogen) atoms. The van der Waals surface area contributed by atoms with Crippen molar-refractivity contribution in [3.05, 3.63) is 89.1 Å². The highest BCUT2D eigenvalue weighted by molar-refractivity contribution is 6.14. The molecule has 3 aromatic rings. The predicted octanol–water partition coefficient (Wildman–Crippen LogP) is 3.98. The van der Waals surface area contributed by atoms with Gasteiger partial charge in [0.2, 0.25) is 17.7 Å². The van der Waals surface area contributed by atoms with Gasteiger partial charge in [-0.1, -0.05) is 30.3 Å². The summed E-state index contributed by atoms with van der Waals surface area (Å²) in [6.07, 6.45) is 7.35. The molecule has 12 nitrogen and oxygen atoms in total. The minimum absolute atomic E-state index is 0.000546. The first-order valence-corrected chi connectivity index (χ1v) is 17.0. The molecule has 1 aromatic heterocycles. The Morgan fingerprint density at radius 1 is 1.08 bits per heavy atom. The van der Waals surface area contributed by atoms with Crippen LogP contribution < -0.4 is 21.1 Å². The number of nitrogen functional groups attached to an aromatic ring is 1.